The monoisotopic (exact) mass is 412 g/mol. The lowest BCUT2D eigenvalue weighted by Gasteiger charge is -2.36. The van der Waals surface area contributed by atoms with Gasteiger partial charge in [-0.15, -0.1) is 5.10 Å². The first kappa shape index (κ1) is 21.6. The topological polar surface area (TPSA) is 73.1 Å². The van der Waals surface area contributed by atoms with Crippen LogP contribution in [-0.2, 0) is 18.1 Å². The van der Waals surface area contributed by atoms with Gasteiger partial charge in [0.05, 0.1) is 12.1 Å². The first-order valence-corrected chi connectivity index (χ1v) is 12.9. The average Bonchev–Trinajstić information content (AvgIpc) is 3.02. The Morgan fingerprint density at radius 2 is 1.90 bits per heavy atom. The lowest BCUT2D eigenvalue weighted by atomic mass is 9.96. The summed E-state index contributed by atoms with van der Waals surface area (Å²) in [6, 6.07) is 5.90. The molecule has 156 valence electrons. The molecule has 2 aromatic heterocycles. The SMILES string of the molecule is Cc1ncc(C(O)c2ccc3c(nnn3C)c2C)cc1CO[Si](C)(C)C(C)(C)C. The zero-order valence-electron chi connectivity index (χ0n) is 18.7. The largest absolute Gasteiger partial charge is 0.412 e. The third-order valence-electron chi connectivity index (χ3n) is 6.30. The van der Waals surface area contributed by atoms with Crippen molar-refractivity contribution in [2.75, 3.05) is 0 Å². The van der Waals surface area contributed by atoms with Crippen molar-refractivity contribution in [3.8, 4) is 0 Å². The quantitative estimate of drug-likeness (QED) is 0.621. The second-order valence-electron chi connectivity index (χ2n) is 9.33. The molecule has 0 saturated heterocycles. The van der Waals surface area contributed by atoms with Gasteiger partial charge in [0, 0.05) is 24.5 Å². The van der Waals surface area contributed by atoms with Crippen molar-refractivity contribution in [1.82, 2.24) is 20.0 Å². The maximum absolute atomic E-state index is 11.1. The smallest absolute Gasteiger partial charge is 0.192 e. The highest BCUT2D eigenvalue weighted by Crippen LogP contribution is 2.37. The summed E-state index contributed by atoms with van der Waals surface area (Å²) < 4.78 is 8.12. The number of pyridine rings is 1. The summed E-state index contributed by atoms with van der Waals surface area (Å²) in [6.07, 6.45) is 0.969. The van der Waals surface area contributed by atoms with Gasteiger partial charge < -0.3 is 9.53 Å². The number of aliphatic hydroxyl groups is 1. The maximum atomic E-state index is 11.1. The molecule has 0 aliphatic rings. The van der Waals surface area contributed by atoms with Crippen molar-refractivity contribution < 1.29 is 9.53 Å². The van der Waals surface area contributed by atoms with E-state index >= 15 is 0 Å². The lowest BCUT2D eigenvalue weighted by molar-refractivity contribution is 0.218. The Kier molecular flexibility index (Phi) is 5.68. The molecular formula is C22H32N4O2Si. The summed E-state index contributed by atoms with van der Waals surface area (Å²) in [4.78, 5) is 4.53. The van der Waals surface area contributed by atoms with Gasteiger partial charge in [0.1, 0.15) is 11.6 Å². The molecule has 0 fully saturated rings. The number of hydrogen-bond acceptors (Lipinski definition) is 5. The summed E-state index contributed by atoms with van der Waals surface area (Å²) in [5.41, 5.74) is 6.22. The molecule has 0 aliphatic carbocycles. The minimum atomic E-state index is -1.86. The highest BCUT2D eigenvalue weighted by Gasteiger charge is 2.37. The Balaban J connectivity index is 1.90. The van der Waals surface area contributed by atoms with Crippen LogP contribution >= 0.6 is 0 Å². The number of nitrogens with zero attached hydrogens (tertiary/aromatic N) is 4. The second kappa shape index (κ2) is 7.63. The van der Waals surface area contributed by atoms with Gasteiger partial charge in [0.15, 0.2) is 8.32 Å². The van der Waals surface area contributed by atoms with E-state index in [0.717, 1.165) is 39.0 Å². The van der Waals surface area contributed by atoms with Gasteiger partial charge in [-0.2, -0.15) is 0 Å². The zero-order valence-corrected chi connectivity index (χ0v) is 19.7. The first-order chi connectivity index (χ1) is 13.4. The molecule has 3 rings (SSSR count). The van der Waals surface area contributed by atoms with Crippen LogP contribution in [0.25, 0.3) is 11.0 Å². The van der Waals surface area contributed by atoms with Crippen molar-refractivity contribution in [1.29, 1.82) is 0 Å². The standard InChI is InChI=1S/C22H32N4O2Si/c1-14-18(9-10-19-20(14)24-25-26(19)6)21(27)16-11-17(15(2)23-12-16)13-28-29(7,8)22(3,4)5/h9-12,21,27H,13H2,1-8H3. The molecule has 3 aromatic rings. The van der Waals surface area contributed by atoms with Gasteiger partial charge in [-0.25, -0.2) is 4.68 Å². The highest BCUT2D eigenvalue weighted by molar-refractivity contribution is 6.74. The van der Waals surface area contributed by atoms with Gasteiger partial charge in [0.25, 0.3) is 0 Å². The summed E-state index contributed by atoms with van der Waals surface area (Å²) in [5.74, 6) is 0. The van der Waals surface area contributed by atoms with E-state index in [1.54, 1.807) is 10.9 Å². The Hall–Kier alpha value is -2.09. The minimum absolute atomic E-state index is 0.148. The van der Waals surface area contributed by atoms with Crippen LogP contribution in [0.2, 0.25) is 18.1 Å². The molecule has 0 amide bonds. The van der Waals surface area contributed by atoms with Gasteiger partial charge >= 0.3 is 0 Å². The summed E-state index contributed by atoms with van der Waals surface area (Å²) >= 11 is 0. The van der Waals surface area contributed by atoms with Crippen LogP contribution in [0.1, 0.15) is 54.8 Å². The van der Waals surface area contributed by atoms with Crippen LogP contribution in [0.3, 0.4) is 0 Å². The number of fused-ring (bicyclic) bond motifs is 1. The molecule has 0 saturated carbocycles. The molecule has 29 heavy (non-hydrogen) atoms. The molecule has 0 radical (unpaired) electrons. The van der Waals surface area contributed by atoms with E-state index in [2.05, 4.69) is 49.2 Å². The van der Waals surface area contributed by atoms with Crippen molar-refractivity contribution in [2.45, 2.75) is 65.5 Å². The molecule has 1 unspecified atom stereocenters. The van der Waals surface area contributed by atoms with E-state index in [9.17, 15) is 5.11 Å². The van der Waals surface area contributed by atoms with E-state index in [1.165, 1.54) is 0 Å². The fourth-order valence-corrected chi connectivity index (χ4v) is 4.04. The van der Waals surface area contributed by atoms with Crippen molar-refractivity contribution >= 4 is 19.4 Å². The molecule has 0 aliphatic heterocycles. The number of hydrogen-bond donors (Lipinski definition) is 1. The van der Waals surface area contributed by atoms with Crippen LogP contribution < -0.4 is 0 Å². The van der Waals surface area contributed by atoms with Crippen LogP contribution in [0.15, 0.2) is 24.4 Å². The molecular weight excluding hydrogens is 380 g/mol. The van der Waals surface area contributed by atoms with Gasteiger partial charge in [-0.05, 0) is 60.8 Å². The van der Waals surface area contributed by atoms with Gasteiger partial charge in [-0.3, -0.25) is 4.98 Å². The predicted octanol–water partition coefficient (Wildman–Crippen LogP) is 4.58. The van der Waals surface area contributed by atoms with Crippen LogP contribution in [0.4, 0.5) is 0 Å². The molecule has 2 heterocycles. The average molecular weight is 413 g/mol. The molecule has 0 bridgehead atoms. The van der Waals surface area contributed by atoms with Crippen LogP contribution in [-0.4, -0.2) is 33.4 Å². The number of aromatic nitrogens is 4. The van der Waals surface area contributed by atoms with E-state index in [-0.39, 0.29) is 5.04 Å². The fourth-order valence-electron chi connectivity index (χ4n) is 3.09. The van der Waals surface area contributed by atoms with E-state index in [4.69, 9.17) is 4.43 Å². The van der Waals surface area contributed by atoms with Crippen molar-refractivity contribution in [3.63, 3.8) is 0 Å². The number of aliphatic hydroxyl groups excluding tert-OH is 1. The Bertz CT molecular complexity index is 1040. The minimum Gasteiger partial charge on any atom is -0.412 e. The van der Waals surface area contributed by atoms with Crippen molar-refractivity contribution in [2.24, 2.45) is 7.05 Å². The van der Waals surface area contributed by atoms with Crippen LogP contribution in [0, 0.1) is 13.8 Å². The molecule has 1 N–H and O–H groups in total. The van der Waals surface area contributed by atoms with Gasteiger partial charge in [0.2, 0.25) is 0 Å². The van der Waals surface area contributed by atoms with Crippen LogP contribution in [0.5, 0.6) is 0 Å². The Morgan fingerprint density at radius 1 is 1.21 bits per heavy atom. The number of benzene rings is 1. The summed E-state index contributed by atoms with van der Waals surface area (Å²) in [7, 11) is 0.000410. The maximum Gasteiger partial charge on any atom is 0.192 e. The van der Waals surface area contributed by atoms with E-state index in [0.29, 0.717) is 6.61 Å². The van der Waals surface area contributed by atoms with E-state index < -0.39 is 14.4 Å². The second-order valence-corrected chi connectivity index (χ2v) is 14.1. The Morgan fingerprint density at radius 3 is 2.55 bits per heavy atom. The number of rotatable bonds is 5. The number of aryl methyl sites for hydroxylation is 3. The molecule has 6 nitrogen and oxygen atoms in total. The summed E-state index contributed by atoms with van der Waals surface area (Å²) in [6.45, 7) is 15.7. The lowest BCUT2D eigenvalue weighted by Crippen LogP contribution is -2.40. The van der Waals surface area contributed by atoms with E-state index in [1.807, 2.05) is 39.1 Å². The Labute approximate surface area is 174 Å². The molecule has 0 spiro atoms. The van der Waals surface area contributed by atoms with Gasteiger partial charge in [-0.1, -0.05) is 32.1 Å². The van der Waals surface area contributed by atoms with Crippen molar-refractivity contribution in [3.05, 3.63) is 52.3 Å². The summed E-state index contributed by atoms with van der Waals surface area (Å²) in [5, 5.41) is 19.6. The third-order valence-corrected chi connectivity index (χ3v) is 10.8. The fraction of sp³-hybridized carbons (Fsp3) is 0.500. The molecule has 1 aromatic carbocycles. The third kappa shape index (κ3) is 4.13. The molecule has 7 heteroatoms. The highest BCUT2D eigenvalue weighted by atomic mass is 28.4. The zero-order chi connectivity index (χ0) is 21.6. The molecule has 1 atom stereocenters. The first-order valence-electron chi connectivity index (χ1n) is 9.98. The predicted molar refractivity (Wildman–Crippen MR) is 118 cm³/mol. The normalized spacial score (nSPS) is 13.8.